The van der Waals surface area contributed by atoms with Gasteiger partial charge >= 0.3 is 0 Å². The van der Waals surface area contributed by atoms with Gasteiger partial charge in [-0.2, -0.15) is 0 Å². The summed E-state index contributed by atoms with van der Waals surface area (Å²) in [5.41, 5.74) is 1.33. The molecule has 0 aliphatic carbocycles. The molecule has 2 heterocycles. The molecule has 30 heavy (non-hydrogen) atoms. The first kappa shape index (κ1) is 20.9. The van der Waals surface area contributed by atoms with E-state index in [9.17, 15) is 14.0 Å². The van der Waals surface area contributed by atoms with E-state index in [0.29, 0.717) is 36.2 Å². The molecule has 156 valence electrons. The number of imide groups is 1. The smallest absolute Gasteiger partial charge is 0.282 e. The Labute approximate surface area is 184 Å². The minimum Gasteiger partial charge on any atom is -0.366 e. The van der Waals surface area contributed by atoms with Crippen LogP contribution < -0.4 is 4.90 Å². The number of hydrogen-bond acceptors (Lipinski definition) is 3. The zero-order valence-electron chi connectivity index (χ0n) is 16.7. The highest BCUT2D eigenvalue weighted by atomic mass is 35.5. The molecule has 2 amide bonds. The number of piperidine rings is 1. The molecule has 2 aromatic carbocycles. The molecule has 2 unspecified atom stereocenters. The lowest BCUT2D eigenvalue weighted by molar-refractivity contribution is -0.120. The lowest BCUT2D eigenvalue weighted by Crippen LogP contribution is -2.42. The quantitative estimate of drug-likeness (QED) is 0.592. The van der Waals surface area contributed by atoms with Crippen LogP contribution in [0.4, 0.5) is 10.1 Å². The summed E-state index contributed by atoms with van der Waals surface area (Å²) in [7, 11) is 0. The SMILES string of the molecule is CC1CC(C)CN(C2=C(c3ccc(F)cc3)C(=O)N(c3cccc(Cl)c3Cl)C2=O)C1. The van der Waals surface area contributed by atoms with Gasteiger partial charge in [-0.1, -0.05) is 55.2 Å². The first-order valence-electron chi connectivity index (χ1n) is 9.86. The molecule has 2 aliphatic rings. The van der Waals surface area contributed by atoms with Crippen LogP contribution in [-0.4, -0.2) is 29.8 Å². The second kappa shape index (κ2) is 8.05. The van der Waals surface area contributed by atoms with Crippen LogP contribution in [0.5, 0.6) is 0 Å². The Hall–Kier alpha value is -2.37. The second-order valence-corrected chi connectivity index (χ2v) is 8.89. The molecule has 0 radical (unpaired) electrons. The van der Waals surface area contributed by atoms with Crippen LogP contribution >= 0.6 is 23.2 Å². The molecular weight excluding hydrogens is 426 g/mol. The van der Waals surface area contributed by atoms with Gasteiger partial charge in [-0.05, 0) is 48.1 Å². The van der Waals surface area contributed by atoms with Crippen molar-refractivity contribution in [1.29, 1.82) is 0 Å². The van der Waals surface area contributed by atoms with Gasteiger partial charge in [0.15, 0.2) is 0 Å². The average Bonchev–Trinajstić information content (AvgIpc) is 2.94. The second-order valence-electron chi connectivity index (χ2n) is 8.10. The van der Waals surface area contributed by atoms with E-state index in [2.05, 4.69) is 13.8 Å². The maximum atomic E-state index is 13.6. The fourth-order valence-corrected chi connectivity index (χ4v) is 4.80. The third kappa shape index (κ3) is 3.61. The number of carbonyl (C=O) groups excluding carboxylic acids is 2. The van der Waals surface area contributed by atoms with Crippen molar-refractivity contribution in [3.05, 3.63) is 69.6 Å². The Morgan fingerprint density at radius 3 is 2.20 bits per heavy atom. The van der Waals surface area contributed by atoms with Gasteiger partial charge in [-0.3, -0.25) is 9.59 Å². The number of nitrogens with zero attached hydrogens (tertiary/aromatic N) is 2. The number of amides is 2. The fraction of sp³-hybridized carbons (Fsp3) is 0.304. The Kier molecular flexibility index (Phi) is 5.60. The normalized spacial score (nSPS) is 22.3. The van der Waals surface area contributed by atoms with E-state index in [-0.39, 0.29) is 21.3 Å². The Bertz CT molecular complexity index is 1040. The zero-order chi connectivity index (χ0) is 21.6. The summed E-state index contributed by atoms with van der Waals surface area (Å²) in [4.78, 5) is 30.1. The van der Waals surface area contributed by atoms with E-state index in [1.807, 2.05) is 4.90 Å². The molecule has 2 atom stereocenters. The number of anilines is 1. The molecule has 2 aromatic rings. The molecule has 0 bridgehead atoms. The summed E-state index contributed by atoms with van der Waals surface area (Å²) in [5, 5.41) is 0.396. The molecule has 1 fully saturated rings. The van der Waals surface area contributed by atoms with Gasteiger partial charge in [-0.25, -0.2) is 9.29 Å². The van der Waals surface area contributed by atoms with Gasteiger partial charge in [0.05, 0.1) is 21.3 Å². The monoisotopic (exact) mass is 446 g/mol. The summed E-state index contributed by atoms with van der Waals surface area (Å²) < 4.78 is 13.5. The topological polar surface area (TPSA) is 40.6 Å². The highest BCUT2D eigenvalue weighted by molar-refractivity contribution is 6.49. The van der Waals surface area contributed by atoms with Crippen molar-refractivity contribution in [2.24, 2.45) is 11.8 Å². The van der Waals surface area contributed by atoms with Crippen molar-refractivity contribution in [1.82, 2.24) is 4.90 Å². The van der Waals surface area contributed by atoms with Crippen LogP contribution in [0.3, 0.4) is 0 Å². The summed E-state index contributed by atoms with van der Waals surface area (Å²) in [5.74, 6) is -0.584. The first-order chi connectivity index (χ1) is 14.3. The van der Waals surface area contributed by atoms with Crippen LogP contribution in [0, 0.1) is 17.7 Å². The van der Waals surface area contributed by atoms with Gasteiger partial charge in [0, 0.05) is 13.1 Å². The van der Waals surface area contributed by atoms with Gasteiger partial charge in [-0.15, -0.1) is 0 Å². The van der Waals surface area contributed by atoms with Crippen molar-refractivity contribution in [2.45, 2.75) is 20.3 Å². The van der Waals surface area contributed by atoms with E-state index in [1.54, 1.807) is 18.2 Å². The Morgan fingerprint density at radius 1 is 0.933 bits per heavy atom. The van der Waals surface area contributed by atoms with Crippen molar-refractivity contribution in [3.63, 3.8) is 0 Å². The Morgan fingerprint density at radius 2 is 1.57 bits per heavy atom. The largest absolute Gasteiger partial charge is 0.366 e. The van der Waals surface area contributed by atoms with Gasteiger partial charge < -0.3 is 4.90 Å². The zero-order valence-corrected chi connectivity index (χ0v) is 18.2. The number of carbonyl (C=O) groups is 2. The summed E-state index contributed by atoms with van der Waals surface area (Å²) in [6.07, 6.45) is 1.06. The van der Waals surface area contributed by atoms with E-state index in [4.69, 9.17) is 23.2 Å². The number of hydrogen-bond donors (Lipinski definition) is 0. The third-order valence-corrected chi connectivity index (χ3v) is 6.36. The molecule has 0 aromatic heterocycles. The lowest BCUT2D eigenvalue weighted by atomic mass is 9.91. The summed E-state index contributed by atoms with van der Waals surface area (Å²) in [6, 6.07) is 10.5. The van der Waals surface area contributed by atoms with Gasteiger partial charge in [0.25, 0.3) is 11.8 Å². The van der Waals surface area contributed by atoms with Gasteiger partial charge in [0.2, 0.25) is 0 Å². The lowest BCUT2D eigenvalue weighted by Gasteiger charge is -2.37. The summed E-state index contributed by atoms with van der Waals surface area (Å²) >= 11 is 12.5. The van der Waals surface area contributed by atoms with E-state index < -0.39 is 17.6 Å². The molecule has 7 heteroatoms. The number of rotatable bonds is 3. The van der Waals surface area contributed by atoms with Gasteiger partial charge in [0.1, 0.15) is 11.5 Å². The first-order valence-corrected chi connectivity index (χ1v) is 10.6. The van der Waals surface area contributed by atoms with Crippen molar-refractivity contribution >= 4 is 46.3 Å². The number of benzene rings is 2. The van der Waals surface area contributed by atoms with Crippen LogP contribution in [0.1, 0.15) is 25.8 Å². The van der Waals surface area contributed by atoms with Crippen LogP contribution in [0.15, 0.2) is 48.2 Å². The Balaban J connectivity index is 1.86. The molecular formula is C23H21Cl2FN2O2. The highest BCUT2D eigenvalue weighted by Crippen LogP contribution is 2.41. The predicted molar refractivity (Wildman–Crippen MR) is 117 cm³/mol. The van der Waals surface area contributed by atoms with E-state index >= 15 is 0 Å². The molecule has 0 saturated carbocycles. The van der Waals surface area contributed by atoms with E-state index in [1.165, 1.54) is 24.3 Å². The van der Waals surface area contributed by atoms with Crippen LogP contribution in [0.25, 0.3) is 5.57 Å². The van der Waals surface area contributed by atoms with Crippen LogP contribution in [-0.2, 0) is 9.59 Å². The molecule has 4 rings (SSSR count). The molecule has 4 nitrogen and oxygen atoms in total. The number of likely N-dealkylation sites (tertiary alicyclic amines) is 1. The standard InChI is InChI=1S/C23H21Cl2FN2O2/c1-13-10-14(2)12-27(11-13)21-19(15-6-8-16(26)9-7-15)22(29)28(23(21)30)18-5-3-4-17(24)20(18)25/h3-9,13-14H,10-12H2,1-2H3. The molecule has 0 spiro atoms. The van der Waals surface area contributed by atoms with Crippen LogP contribution in [0.2, 0.25) is 10.0 Å². The molecule has 2 aliphatic heterocycles. The van der Waals surface area contributed by atoms with Crippen molar-refractivity contribution < 1.29 is 14.0 Å². The minimum absolute atomic E-state index is 0.140. The fourth-order valence-electron chi connectivity index (χ4n) is 4.42. The highest BCUT2D eigenvalue weighted by Gasteiger charge is 2.44. The maximum Gasteiger partial charge on any atom is 0.282 e. The summed E-state index contributed by atoms with van der Waals surface area (Å²) in [6.45, 7) is 5.60. The average molecular weight is 447 g/mol. The molecule has 0 N–H and O–H groups in total. The predicted octanol–water partition coefficient (Wildman–Crippen LogP) is 5.39. The maximum absolute atomic E-state index is 13.6. The third-order valence-electron chi connectivity index (χ3n) is 5.55. The minimum atomic E-state index is -0.489. The van der Waals surface area contributed by atoms with Crippen molar-refractivity contribution in [3.8, 4) is 0 Å². The van der Waals surface area contributed by atoms with Crippen molar-refractivity contribution in [2.75, 3.05) is 18.0 Å². The molecule has 1 saturated heterocycles. The number of halogens is 3. The van der Waals surface area contributed by atoms with E-state index in [0.717, 1.165) is 11.3 Å².